The molecule has 3 nitrogen and oxygen atoms in total. The zero-order chi connectivity index (χ0) is 17.8. The summed E-state index contributed by atoms with van der Waals surface area (Å²) >= 11 is 0. The fourth-order valence-corrected chi connectivity index (χ4v) is 3.05. The van der Waals surface area contributed by atoms with Crippen LogP contribution in [0.3, 0.4) is 0 Å². The van der Waals surface area contributed by atoms with E-state index in [4.69, 9.17) is 4.98 Å². The first-order valence-electron chi connectivity index (χ1n) is 8.76. The van der Waals surface area contributed by atoms with Gasteiger partial charge in [0.2, 0.25) is 5.95 Å². The number of anilines is 1. The molecule has 4 rings (SSSR count). The molecule has 0 saturated heterocycles. The molecular formula is C23H21N3. The Labute approximate surface area is 154 Å². The molecule has 26 heavy (non-hydrogen) atoms. The van der Waals surface area contributed by atoms with Crippen LogP contribution in [0.15, 0.2) is 91.1 Å². The van der Waals surface area contributed by atoms with Gasteiger partial charge in [-0.2, -0.15) is 0 Å². The van der Waals surface area contributed by atoms with Crippen LogP contribution in [0, 0.1) is 0 Å². The van der Waals surface area contributed by atoms with Crippen LogP contribution in [0.5, 0.6) is 0 Å². The summed E-state index contributed by atoms with van der Waals surface area (Å²) in [5, 5.41) is 0. The molecule has 0 fully saturated rings. The summed E-state index contributed by atoms with van der Waals surface area (Å²) in [6.45, 7) is 0.820. The van der Waals surface area contributed by atoms with Gasteiger partial charge in [-0.05, 0) is 16.7 Å². The van der Waals surface area contributed by atoms with Gasteiger partial charge in [0, 0.05) is 25.4 Å². The summed E-state index contributed by atoms with van der Waals surface area (Å²) in [6.07, 6.45) is 1.97. The predicted octanol–water partition coefficient (Wildman–Crippen LogP) is 5.38. The van der Waals surface area contributed by atoms with Crippen LogP contribution in [0.1, 0.15) is 5.56 Å². The van der Waals surface area contributed by atoms with E-state index in [0.717, 1.165) is 23.8 Å². The van der Waals surface area contributed by atoms with Gasteiger partial charge in [0.25, 0.3) is 0 Å². The highest BCUT2D eigenvalue weighted by molar-refractivity contribution is 5.69. The number of rotatable bonds is 5. The number of hydrogen-bond acceptors (Lipinski definition) is 2. The lowest BCUT2D eigenvalue weighted by atomic mass is 10.0. The van der Waals surface area contributed by atoms with Crippen LogP contribution in [-0.4, -0.2) is 17.0 Å². The van der Waals surface area contributed by atoms with Gasteiger partial charge in [-0.1, -0.05) is 84.9 Å². The molecule has 0 spiro atoms. The topological polar surface area (TPSA) is 31.9 Å². The van der Waals surface area contributed by atoms with E-state index in [1.54, 1.807) is 0 Å². The van der Waals surface area contributed by atoms with Crippen LogP contribution < -0.4 is 4.90 Å². The number of hydrogen-bond donors (Lipinski definition) is 1. The van der Waals surface area contributed by atoms with Crippen molar-refractivity contribution in [2.24, 2.45) is 0 Å². The second kappa shape index (κ2) is 7.28. The molecule has 0 aliphatic carbocycles. The Hall–Kier alpha value is -3.33. The quantitative estimate of drug-likeness (QED) is 0.529. The Morgan fingerprint density at radius 2 is 1.31 bits per heavy atom. The van der Waals surface area contributed by atoms with E-state index in [1.807, 2.05) is 25.4 Å². The van der Waals surface area contributed by atoms with Crippen LogP contribution >= 0.6 is 0 Å². The van der Waals surface area contributed by atoms with Gasteiger partial charge < -0.3 is 9.88 Å². The maximum atomic E-state index is 4.75. The standard InChI is InChI=1S/C23H21N3/c1-26(17-18-8-4-2-5-9-18)23-24-16-22(25-23)21-14-12-20(13-15-21)19-10-6-3-7-11-19/h2-16H,17H2,1H3,(H,24,25). The Bertz CT molecular complexity index is 957. The largest absolute Gasteiger partial charge is 0.341 e. The first kappa shape index (κ1) is 16.2. The van der Waals surface area contributed by atoms with Crippen molar-refractivity contribution >= 4 is 5.95 Å². The molecule has 3 heteroatoms. The first-order valence-corrected chi connectivity index (χ1v) is 8.76. The van der Waals surface area contributed by atoms with Gasteiger partial charge in [0.05, 0.1) is 5.69 Å². The number of benzene rings is 3. The normalized spacial score (nSPS) is 10.7. The molecule has 1 N–H and O–H groups in total. The highest BCUT2D eigenvalue weighted by Gasteiger charge is 2.09. The summed E-state index contributed by atoms with van der Waals surface area (Å²) < 4.78 is 0. The molecule has 128 valence electrons. The van der Waals surface area contributed by atoms with Crippen molar-refractivity contribution in [3.05, 3.63) is 96.7 Å². The van der Waals surface area contributed by atoms with E-state index in [0.29, 0.717) is 0 Å². The van der Waals surface area contributed by atoms with Gasteiger partial charge in [-0.25, -0.2) is 4.98 Å². The minimum Gasteiger partial charge on any atom is -0.341 e. The monoisotopic (exact) mass is 339 g/mol. The van der Waals surface area contributed by atoms with Crippen molar-refractivity contribution in [3.63, 3.8) is 0 Å². The van der Waals surface area contributed by atoms with E-state index in [2.05, 4.69) is 82.7 Å². The molecule has 0 saturated carbocycles. The zero-order valence-corrected chi connectivity index (χ0v) is 14.8. The minimum absolute atomic E-state index is 0.820. The summed E-state index contributed by atoms with van der Waals surface area (Å²) in [5.74, 6) is 0.871. The maximum Gasteiger partial charge on any atom is 0.203 e. The Kier molecular flexibility index (Phi) is 4.52. The molecule has 4 aromatic rings. The van der Waals surface area contributed by atoms with E-state index >= 15 is 0 Å². The lowest BCUT2D eigenvalue weighted by molar-refractivity contribution is 0.882. The average Bonchev–Trinajstić information content (AvgIpc) is 3.20. The van der Waals surface area contributed by atoms with Crippen LogP contribution in [0.2, 0.25) is 0 Å². The fourth-order valence-electron chi connectivity index (χ4n) is 3.05. The number of imidazole rings is 1. The van der Waals surface area contributed by atoms with Crippen molar-refractivity contribution in [1.29, 1.82) is 0 Å². The molecular weight excluding hydrogens is 318 g/mol. The smallest absolute Gasteiger partial charge is 0.203 e. The molecule has 1 aromatic heterocycles. The number of aromatic amines is 1. The van der Waals surface area contributed by atoms with E-state index in [1.165, 1.54) is 16.7 Å². The minimum atomic E-state index is 0.820. The molecule has 0 unspecified atom stereocenters. The SMILES string of the molecule is CN(Cc1ccccc1)c1nc(-c2ccc(-c3ccccc3)cc2)c[nH]1. The van der Waals surface area contributed by atoms with Gasteiger partial charge in [-0.3, -0.25) is 0 Å². The first-order chi connectivity index (χ1) is 12.8. The zero-order valence-electron chi connectivity index (χ0n) is 14.8. The Morgan fingerprint density at radius 3 is 2.00 bits per heavy atom. The molecule has 0 radical (unpaired) electrons. The van der Waals surface area contributed by atoms with Gasteiger partial charge in [-0.15, -0.1) is 0 Å². The number of nitrogens with one attached hydrogen (secondary N) is 1. The van der Waals surface area contributed by atoms with Crippen molar-refractivity contribution in [2.45, 2.75) is 6.54 Å². The Morgan fingerprint density at radius 1 is 0.731 bits per heavy atom. The molecule has 1 heterocycles. The van der Waals surface area contributed by atoms with Crippen molar-refractivity contribution in [2.75, 3.05) is 11.9 Å². The third kappa shape index (κ3) is 3.52. The van der Waals surface area contributed by atoms with Crippen LogP contribution in [0.25, 0.3) is 22.4 Å². The lowest BCUT2D eigenvalue weighted by Crippen LogP contribution is -2.17. The summed E-state index contributed by atoms with van der Waals surface area (Å²) in [6, 6.07) is 29.4. The Balaban J connectivity index is 1.51. The van der Waals surface area contributed by atoms with Crippen molar-refractivity contribution < 1.29 is 0 Å². The van der Waals surface area contributed by atoms with Gasteiger partial charge in [0.15, 0.2) is 0 Å². The highest BCUT2D eigenvalue weighted by Crippen LogP contribution is 2.25. The number of nitrogens with zero attached hydrogens (tertiary/aromatic N) is 2. The predicted molar refractivity (Wildman–Crippen MR) is 108 cm³/mol. The second-order valence-electron chi connectivity index (χ2n) is 6.39. The highest BCUT2D eigenvalue weighted by atomic mass is 15.2. The number of aromatic nitrogens is 2. The molecule has 0 aliphatic heterocycles. The average molecular weight is 339 g/mol. The van der Waals surface area contributed by atoms with Crippen LogP contribution in [0.4, 0.5) is 5.95 Å². The molecule has 3 aromatic carbocycles. The lowest BCUT2D eigenvalue weighted by Gasteiger charge is -2.15. The fraction of sp³-hybridized carbons (Fsp3) is 0.0870. The summed E-state index contributed by atoms with van der Waals surface area (Å²) in [5.41, 5.74) is 5.77. The van der Waals surface area contributed by atoms with Gasteiger partial charge in [0.1, 0.15) is 0 Å². The van der Waals surface area contributed by atoms with E-state index in [9.17, 15) is 0 Å². The summed E-state index contributed by atoms with van der Waals surface area (Å²) in [7, 11) is 2.05. The maximum absolute atomic E-state index is 4.75. The summed E-state index contributed by atoms with van der Waals surface area (Å²) in [4.78, 5) is 10.2. The second-order valence-corrected chi connectivity index (χ2v) is 6.39. The van der Waals surface area contributed by atoms with Crippen molar-refractivity contribution in [3.8, 4) is 22.4 Å². The molecule has 0 amide bonds. The third-order valence-corrected chi connectivity index (χ3v) is 4.48. The van der Waals surface area contributed by atoms with E-state index in [-0.39, 0.29) is 0 Å². The molecule has 0 bridgehead atoms. The van der Waals surface area contributed by atoms with Crippen LogP contribution in [-0.2, 0) is 6.54 Å². The molecule has 0 aliphatic rings. The number of H-pyrrole nitrogens is 1. The van der Waals surface area contributed by atoms with E-state index < -0.39 is 0 Å². The third-order valence-electron chi connectivity index (χ3n) is 4.48. The van der Waals surface area contributed by atoms with Gasteiger partial charge >= 0.3 is 0 Å². The van der Waals surface area contributed by atoms with Crippen molar-refractivity contribution in [1.82, 2.24) is 9.97 Å². The molecule has 0 atom stereocenters.